The van der Waals surface area contributed by atoms with Crippen molar-refractivity contribution in [2.45, 2.75) is 44.6 Å². The second kappa shape index (κ2) is 6.28. The van der Waals surface area contributed by atoms with Crippen molar-refractivity contribution in [3.8, 4) is 0 Å². The van der Waals surface area contributed by atoms with Gasteiger partial charge in [0.15, 0.2) is 0 Å². The zero-order valence-electron chi connectivity index (χ0n) is 10.1. The molecule has 0 radical (unpaired) electrons. The van der Waals surface area contributed by atoms with Crippen LogP contribution in [0.2, 0.25) is 0 Å². The third kappa shape index (κ3) is 3.48. The van der Waals surface area contributed by atoms with E-state index in [-0.39, 0.29) is 6.04 Å². The van der Waals surface area contributed by atoms with E-state index in [1.807, 2.05) is 30.3 Å². The SMILES string of the molecule is O/N=C1\CCCCCCC1Nc1ccccc1. The minimum atomic E-state index is 0.183. The molecule has 0 saturated heterocycles. The zero-order chi connectivity index (χ0) is 11.9. The Balaban J connectivity index is 2.05. The average Bonchev–Trinajstić information content (AvgIpc) is 2.34. The van der Waals surface area contributed by atoms with Gasteiger partial charge in [-0.15, -0.1) is 0 Å². The Bertz CT molecular complexity index is 362. The van der Waals surface area contributed by atoms with Gasteiger partial charge in [-0.3, -0.25) is 0 Å². The molecule has 0 spiro atoms. The molecule has 1 aromatic carbocycles. The van der Waals surface area contributed by atoms with Crippen molar-refractivity contribution in [2.24, 2.45) is 5.16 Å². The van der Waals surface area contributed by atoms with E-state index in [0.717, 1.165) is 30.7 Å². The summed E-state index contributed by atoms with van der Waals surface area (Å²) >= 11 is 0. The van der Waals surface area contributed by atoms with Crippen LogP contribution in [0, 0.1) is 0 Å². The predicted molar refractivity (Wildman–Crippen MR) is 70.8 cm³/mol. The van der Waals surface area contributed by atoms with Crippen LogP contribution in [0.5, 0.6) is 0 Å². The van der Waals surface area contributed by atoms with E-state index in [1.165, 1.54) is 19.3 Å². The molecular weight excluding hydrogens is 212 g/mol. The smallest absolute Gasteiger partial charge is 0.0792 e. The number of anilines is 1. The van der Waals surface area contributed by atoms with Gasteiger partial charge in [-0.1, -0.05) is 42.6 Å². The maximum absolute atomic E-state index is 9.10. The Labute approximate surface area is 103 Å². The molecule has 1 fully saturated rings. The Morgan fingerprint density at radius 3 is 2.59 bits per heavy atom. The van der Waals surface area contributed by atoms with Gasteiger partial charge >= 0.3 is 0 Å². The minimum absolute atomic E-state index is 0.183. The fourth-order valence-electron chi connectivity index (χ4n) is 2.36. The number of para-hydroxylation sites is 1. The highest BCUT2D eigenvalue weighted by Gasteiger charge is 2.18. The van der Waals surface area contributed by atoms with E-state index < -0.39 is 0 Å². The summed E-state index contributed by atoms with van der Waals surface area (Å²) in [5, 5.41) is 16.0. The van der Waals surface area contributed by atoms with Crippen LogP contribution in [-0.4, -0.2) is 17.0 Å². The van der Waals surface area contributed by atoms with Gasteiger partial charge in [0.05, 0.1) is 11.8 Å². The molecule has 0 aromatic heterocycles. The largest absolute Gasteiger partial charge is 0.411 e. The van der Waals surface area contributed by atoms with Gasteiger partial charge in [-0.25, -0.2) is 0 Å². The van der Waals surface area contributed by atoms with Crippen LogP contribution < -0.4 is 5.32 Å². The molecule has 3 nitrogen and oxygen atoms in total. The average molecular weight is 232 g/mol. The number of nitrogens with zero attached hydrogens (tertiary/aromatic N) is 1. The summed E-state index contributed by atoms with van der Waals surface area (Å²) in [5.41, 5.74) is 1.99. The van der Waals surface area contributed by atoms with E-state index in [9.17, 15) is 0 Å². The highest BCUT2D eigenvalue weighted by atomic mass is 16.4. The second-order valence-electron chi connectivity index (χ2n) is 4.61. The van der Waals surface area contributed by atoms with E-state index >= 15 is 0 Å². The third-order valence-corrected chi connectivity index (χ3v) is 3.32. The summed E-state index contributed by atoms with van der Waals surface area (Å²) < 4.78 is 0. The van der Waals surface area contributed by atoms with Crippen molar-refractivity contribution < 1.29 is 5.21 Å². The van der Waals surface area contributed by atoms with Crippen molar-refractivity contribution in [3.05, 3.63) is 30.3 Å². The minimum Gasteiger partial charge on any atom is -0.411 e. The standard InChI is InChI=1S/C14H20N2O/c17-16-14-11-7-2-1-6-10-13(14)15-12-8-4-3-5-9-12/h3-5,8-9,13,15,17H,1-2,6-7,10-11H2/b16-14+. The Hall–Kier alpha value is -1.51. The zero-order valence-corrected chi connectivity index (χ0v) is 10.1. The van der Waals surface area contributed by atoms with E-state index in [4.69, 9.17) is 5.21 Å². The number of hydrogen-bond acceptors (Lipinski definition) is 3. The predicted octanol–water partition coefficient (Wildman–Crippen LogP) is 3.65. The maximum Gasteiger partial charge on any atom is 0.0792 e. The highest BCUT2D eigenvalue weighted by Crippen LogP contribution is 2.19. The number of oxime groups is 1. The lowest BCUT2D eigenvalue weighted by molar-refractivity contribution is 0.314. The molecule has 1 saturated carbocycles. The summed E-state index contributed by atoms with van der Waals surface area (Å²) in [5.74, 6) is 0. The van der Waals surface area contributed by atoms with E-state index in [2.05, 4.69) is 10.5 Å². The van der Waals surface area contributed by atoms with E-state index in [0.29, 0.717) is 0 Å². The molecule has 1 aliphatic rings. The summed E-state index contributed by atoms with van der Waals surface area (Å²) in [7, 11) is 0. The molecule has 0 bridgehead atoms. The molecular formula is C14H20N2O. The summed E-state index contributed by atoms with van der Waals surface area (Å²) in [6.07, 6.45) is 6.81. The first kappa shape index (κ1) is 12.0. The van der Waals surface area contributed by atoms with E-state index in [1.54, 1.807) is 0 Å². The van der Waals surface area contributed by atoms with Crippen LogP contribution in [0.3, 0.4) is 0 Å². The first-order valence-corrected chi connectivity index (χ1v) is 6.42. The van der Waals surface area contributed by atoms with Crippen molar-refractivity contribution in [3.63, 3.8) is 0 Å². The van der Waals surface area contributed by atoms with Gasteiger partial charge in [-0.2, -0.15) is 0 Å². The molecule has 3 heteroatoms. The van der Waals surface area contributed by atoms with Gasteiger partial charge in [0.1, 0.15) is 0 Å². The fourth-order valence-corrected chi connectivity index (χ4v) is 2.36. The molecule has 1 unspecified atom stereocenters. The van der Waals surface area contributed by atoms with Crippen LogP contribution in [0.1, 0.15) is 38.5 Å². The molecule has 2 N–H and O–H groups in total. The quantitative estimate of drug-likeness (QED) is 0.604. The van der Waals surface area contributed by atoms with Gasteiger partial charge in [-0.05, 0) is 31.4 Å². The van der Waals surface area contributed by atoms with Crippen LogP contribution >= 0.6 is 0 Å². The van der Waals surface area contributed by atoms with Crippen molar-refractivity contribution in [2.75, 3.05) is 5.32 Å². The second-order valence-corrected chi connectivity index (χ2v) is 4.61. The number of rotatable bonds is 2. The number of benzene rings is 1. The fraction of sp³-hybridized carbons (Fsp3) is 0.500. The Morgan fingerprint density at radius 1 is 1.06 bits per heavy atom. The number of nitrogens with one attached hydrogen (secondary N) is 1. The number of hydrogen-bond donors (Lipinski definition) is 2. The van der Waals surface area contributed by atoms with Gasteiger partial charge < -0.3 is 10.5 Å². The maximum atomic E-state index is 9.10. The summed E-state index contributed by atoms with van der Waals surface area (Å²) in [4.78, 5) is 0. The molecule has 0 aliphatic heterocycles. The van der Waals surface area contributed by atoms with Gasteiger partial charge in [0.25, 0.3) is 0 Å². The molecule has 1 atom stereocenters. The lowest BCUT2D eigenvalue weighted by atomic mass is 9.94. The van der Waals surface area contributed by atoms with Crippen LogP contribution in [0.15, 0.2) is 35.5 Å². The summed E-state index contributed by atoms with van der Waals surface area (Å²) in [6.45, 7) is 0. The molecule has 17 heavy (non-hydrogen) atoms. The third-order valence-electron chi connectivity index (χ3n) is 3.32. The monoisotopic (exact) mass is 232 g/mol. The Morgan fingerprint density at radius 2 is 1.82 bits per heavy atom. The topological polar surface area (TPSA) is 44.6 Å². The van der Waals surface area contributed by atoms with Crippen molar-refractivity contribution >= 4 is 11.4 Å². The van der Waals surface area contributed by atoms with Crippen LogP contribution in [-0.2, 0) is 0 Å². The van der Waals surface area contributed by atoms with Crippen molar-refractivity contribution in [1.82, 2.24) is 0 Å². The molecule has 1 aliphatic carbocycles. The molecule has 2 rings (SSSR count). The highest BCUT2D eigenvalue weighted by molar-refractivity contribution is 5.91. The van der Waals surface area contributed by atoms with Gasteiger partial charge in [0, 0.05) is 5.69 Å². The first-order chi connectivity index (χ1) is 8.40. The Kier molecular flexibility index (Phi) is 4.42. The normalized spacial score (nSPS) is 24.0. The molecule has 0 amide bonds. The van der Waals surface area contributed by atoms with Crippen LogP contribution in [0.25, 0.3) is 0 Å². The van der Waals surface area contributed by atoms with Gasteiger partial charge in [0.2, 0.25) is 0 Å². The first-order valence-electron chi connectivity index (χ1n) is 6.42. The van der Waals surface area contributed by atoms with Crippen molar-refractivity contribution in [1.29, 1.82) is 0 Å². The van der Waals surface area contributed by atoms with Crippen LogP contribution in [0.4, 0.5) is 5.69 Å². The molecule has 0 heterocycles. The lowest BCUT2D eigenvalue weighted by Gasteiger charge is -2.23. The molecule has 1 aromatic rings. The lowest BCUT2D eigenvalue weighted by Crippen LogP contribution is -2.30. The summed E-state index contributed by atoms with van der Waals surface area (Å²) in [6, 6.07) is 10.3. The molecule has 92 valence electrons.